The van der Waals surface area contributed by atoms with Crippen LogP contribution in [0.5, 0.6) is 0 Å². The summed E-state index contributed by atoms with van der Waals surface area (Å²) in [4.78, 5) is 14.3. The Kier molecular flexibility index (Phi) is 10.5. The fourth-order valence-electron chi connectivity index (χ4n) is 2.88. The van der Waals surface area contributed by atoms with E-state index in [0.717, 1.165) is 45.5 Å². The van der Waals surface area contributed by atoms with Crippen molar-refractivity contribution < 1.29 is 9.53 Å². The Hall–Kier alpha value is -0.610. The molecule has 1 heterocycles. The lowest BCUT2D eigenvalue weighted by atomic mass is 10.0. The fourth-order valence-corrected chi connectivity index (χ4v) is 2.88. The van der Waals surface area contributed by atoms with E-state index in [1.54, 1.807) is 0 Å². The Bertz CT molecular complexity index is 295. The summed E-state index contributed by atoms with van der Waals surface area (Å²) in [5, 5.41) is 3.10. The Morgan fingerprint density at radius 3 is 2.45 bits per heavy atom. The number of nitrogens with one attached hydrogen (secondary N) is 1. The van der Waals surface area contributed by atoms with Crippen molar-refractivity contribution in [2.45, 2.75) is 84.3 Å². The van der Waals surface area contributed by atoms with E-state index in [1.165, 1.54) is 32.1 Å². The maximum absolute atomic E-state index is 12.0. The fraction of sp³-hybridized carbons (Fsp3) is 0.944. The molecule has 0 spiro atoms. The highest BCUT2D eigenvalue weighted by Crippen LogP contribution is 2.17. The summed E-state index contributed by atoms with van der Waals surface area (Å²) in [5.41, 5.74) is 0. The highest BCUT2D eigenvalue weighted by atomic mass is 16.5. The van der Waals surface area contributed by atoms with Gasteiger partial charge in [-0.05, 0) is 46.1 Å². The lowest BCUT2D eigenvalue weighted by Gasteiger charge is -2.39. The van der Waals surface area contributed by atoms with E-state index in [-0.39, 0.29) is 11.9 Å². The molecule has 1 amide bonds. The van der Waals surface area contributed by atoms with Crippen molar-refractivity contribution in [3.63, 3.8) is 0 Å². The Balaban J connectivity index is 1.86. The van der Waals surface area contributed by atoms with Crippen LogP contribution >= 0.6 is 0 Å². The highest BCUT2D eigenvalue weighted by molar-refractivity contribution is 5.82. The SMILES string of the molecule is CCCN1CCC1C(=O)NCCCCCCCCOC(C)C. The molecule has 1 aliphatic rings. The summed E-state index contributed by atoms with van der Waals surface area (Å²) in [6.45, 7) is 10.2. The van der Waals surface area contributed by atoms with Crippen LogP contribution in [0.2, 0.25) is 0 Å². The largest absolute Gasteiger partial charge is 0.379 e. The zero-order valence-electron chi connectivity index (χ0n) is 14.9. The lowest BCUT2D eigenvalue weighted by molar-refractivity contribution is -0.130. The van der Waals surface area contributed by atoms with Crippen molar-refractivity contribution >= 4 is 5.91 Å². The first-order valence-corrected chi connectivity index (χ1v) is 9.28. The smallest absolute Gasteiger partial charge is 0.237 e. The molecule has 1 N–H and O–H groups in total. The maximum atomic E-state index is 12.0. The van der Waals surface area contributed by atoms with E-state index >= 15 is 0 Å². The van der Waals surface area contributed by atoms with Gasteiger partial charge in [-0.25, -0.2) is 0 Å². The standard InChI is InChI=1S/C18H36N2O2/c1-4-13-20-14-11-17(20)18(21)19-12-9-7-5-6-8-10-15-22-16(2)3/h16-17H,4-15H2,1-3H3,(H,19,21). The van der Waals surface area contributed by atoms with Gasteiger partial charge in [0.25, 0.3) is 0 Å². The first-order chi connectivity index (χ1) is 10.6. The van der Waals surface area contributed by atoms with Gasteiger partial charge >= 0.3 is 0 Å². The summed E-state index contributed by atoms with van der Waals surface area (Å²) >= 11 is 0. The summed E-state index contributed by atoms with van der Waals surface area (Å²) in [6, 6.07) is 0.154. The molecule has 1 atom stereocenters. The van der Waals surface area contributed by atoms with Crippen LogP contribution in [-0.2, 0) is 9.53 Å². The molecule has 0 aromatic carbocycles. The number of rotatable bonds is 13. The zero-order valence-corrected chi connectivity index (χ0v) is 14.9. The van der Waals surface area contributed by atoms with Gasteiger partial charge in [-0.2, -0.15) is 0 Å². The van der Waals surface area contributed by atoms with Gasteiger partial charge in [0, 0.05) is 19.7 Å². The monoisotopic (exact) mass is 312 g/mol. The van der Waals surface area contributed by atoms with E-state index in [0.29, 0.717) is 6.10 Å². The average molecular weight is 312 g/mol. The topological polar surface area (TPSA) is 41.6 Å². The highest BCUT2D eigenvalue weighted by Gasteiger charge is 2.32. The number of hydrogen-bond donors (Lipinski definition) is 1. The zero-order chi connectivity index (χ0) is 16.2. The second-order valence-electron chi connectivity index (χ2n) is 6.67. The minimum absolute atomic E-state index is 0.154. The molecule has 1 rings (SSSR count). The molecule has 1 aliphatic heterocycles. The minimum atomic E-state index is 0.154. The number of likely N-dealkylation sites (tertiary alicyclic amines) is 1. The summed E-state index contributed by atoms with van der Waals surface area (Å²) in [7, 11) is 0. The van der Waals surface area contributed by atoms with Gasteiger partial charge in [0.2, 0.25) is 5.91 Å². The number of carbonyl (C=O) groups is 1. The second-order valence-corrected chi connectivity index (χ2v) is 6.67. The van der Waals surface area contributed by atoms with Crippen molar-refractivity contribution in [1.82, 2.24) is 10.2 Å². The molecule has 0 aliphatic carbocycles. The molecule has 130 valence electrons. The molecule has 0 saturated carbocycles. The van der Waals surface area contributed by atoms with E-state index in [4.69, 9.17) is 4.74 Å². The van der Waals surface area contributed by atoms with Crippen molar-refractivity contribution in [1.29, 1.82) is 0 Å². The van der Waals surface area contributed by atoms with Crippen LogP contribution in [0.1, 0.15) is 72.1 Å². The van der Waals surface area contributed by atoms with Crippen LogP contribution in [0.25, 0.3) is 0 Å². The number of hydrogen-bond acceptors (Lipinski definition) is 3. The third-order valence-electron chi connectivity index (χ3n) is 4.27. The molecule has 0 aromatic heterocycles. The van der Waals surface area contributed by atoms with E-state index in [9.17, 15) is 4.79 Å². The first-order valence-electron chi connectivity index (χ1n) is 9.28. The molecular formula is C18H36N2O2. The van der Waals surface area contributed by atoms with Gasteiger partial charge in [-0.3, -0.25) is 9.69 Å². The molecule has 1 saturated heterocycles. The van der Waals surface area contributed by atoms with Crippen LogP contribution < -0.4 is 5.32 Å². The third-order valence-corrected chi connectivity index (χ3v) is 4.27. The predicted molar refractivity (Wildman–Crippen MR) is 92.1 cm³/mol. The normalized spacial score (nSPS) is 18.5. The molecule has 4 heteroatoms. The summed E-state index contributed by atoms with van der Waals surface area (Å²) in [5.74, 6) is 0.241. The average Bonchev–Trinajstić information content (AvgIpc) is 2.45. The van der Waals surface area contributed by atoms with Crippen LogP contribution in [0, 0.1) is 0 Å². The number of carbonyl (C=O) groups excluding carboxylic acids is 1. The molecule has 0 aromatic rings. The number of unbranched alkanes of at least 4 members (excludes halogenated alkanes) is 5. The Labute approximate surface area is 137 Å². The Morgan fingerprint density at radius 2 is 1.86 bits per heavy atom. The molecule has 1 fully saturated rings. The molecule has 1 unspecified atom stereocenters. The quantitative estimate of drug-likeness (QED) is 0.530. The van der Waals surface area contributed by atoms with Crippen LogP contribution in [0.4, 0.5) is 0 Å². The third kappa shape index (κ3) is 8.14. The van der Waals surface area contributed by atoms with Gasteiger partial charge in [0.15, 0.2) is 0 Å². The van der Waals surface area contributed by atoms with Gasteiger partial charge < -0.3 is 10.1 Å². The van der Waals surface area contributed by atoms with Crippen molar-refractivity contribution in [2.75, 3.05) is 26.2 Å². The first kappa shape index (κ1) is 19.4. The van der Waals surface area contributed by atoms with Crippen LogP contribution in [0.3, 0.4) is 0 Å². The molecular weight excluding hydrogens is 276 g/mol. The van der Waals surface area contributed by atoms with E-state index < -0.39 is 0 Å². The van der Waals surface area contributed by atoms with Gasteiger partial charge in [0.05, 0.1) is 12.1 Å². The van der Waals surface area contributed by atoms with E-state index in [1.807, 2.05) is 0 Å². The van der Waals surface area contributed by atoms with Crippen LogP contribution in [-0.4, -0.2) is 49.2 Å². The minimum Gasteiger partial charge on any atom is -0.379 e. The number of amides is 1. The molecule has 0 bridgehead atoms. The predicted octanol–water partition coefficient (Wildman–Crippen LogP) is 3.35. The molecule has 4 nitrogen and oxygen atoms in total. The van der Waals surface area contributed by atoms with Crippen LogP contribution in [0.15, 0.2) is 0 Å². The van der Waals surface area contributed by atoms with Gasteiger partial charge in [-0.15, -0.1) is 0 Å². The number of nitrogens with zero attached hydrogens (tertiary/aromatic N) is 1. The second kappa shape index (κ2) is 11.9. The van der Waals surface area contributed by atoms with Gasteiger partial charge in [-0.1, -0.05) is 32.6 Å². The molecule has 22 heavy (non-hydrogen) atoms. The molecule has 0 radical (unpaired) electrons. The van der Waals surface area contributed by atoms with Crippen molar-refractivity contribution in [3.05, 3.63) is 0 Å². The van der Waals surface area contributed by atoms with E-state index in [2.05, 4.69) is 31.0 Å². The Morgan fingerprint density at radius 1 is 1.18 bits per heavy atom. The number of ether oxygens (including phenoxy) is 1. The van der Waals surface area contributed by atoms with Crippen molar-refractivity contribution in [3.8, 4) is 0 Å². The maximum Gasteiger partial charge on any atom is 0.237 e. The lowest BCUT2D eigenvalue weighted by Crippen LogP contribution is -2.56. The van der Waals surface area contributed by atoms with Gasteiger partial charge in [0.1, 0.15) is 0 Å². The summed E-state index contributed by atoms with van der Waals surface area (Å²) in [6.07, 6.45) is 9.81. The van der Waals surface area contributed by atoms with Crippen molar-refractivity contribution in [2.24, 2.45) is 0 Å². The summed E-state index contributed by atoms with van der Waals surface area (Å²) < 4.78 is 5.53.